The molecule has 6 heteroatoms. The van der Waals surface area contributed by atoms with E-state index in [1.807, 2.05) is 25.1 Å². The maximum atomic E-state index is 5.73. The molecule has 2 rings (SSSR count). The number of anilines is 1. The Morgan fingerprint density at radius 2 is 2.19 bits per heavy atom. The van der Waals surface area contributed by atoms with Gasteiger partial charge in [-0.05, 0) is 37.1 Å². The third-order valence-corrected chi connectivity index (χ3v) is 2.82. The lowest BCUT2D eigenvalue weighted by Gasteiger charge is -2.10. The average molecular weight is 288 g/mol. The minimum absolute atomic E-state index is 0.360. The van der Waals surface area contributed by atoms with Crippen LogP contribution in [0.3, 0.4) is 0 Å². The summed E-state index contributed by atoms with van der Waals surface area (Å²) >= 11 is 0. The Hall–Kier alpha value is -2.50. The molecule has 0 unspecified atom stereocenters. The summed E-state index contributed by atoms with van der Waals surface area (Å²) in [5.41, 5.74) is 7.45. The van der Waals surface area contributed by atoms with Crippen molar-refractivity contribution in [3.05, 3.63) is 35.7 Å². The average Bonchev–Trinajstić information content (AvgIpc) is 2.81. The van der Waals surface area contributed by atoms with Gasteiger partial charge in [0.25, 0.3) is 0 Å². The molecule has 0 atom stereocenters. The molecule has 2 aromatic rings. The van der Waals surface area contributed by atoms with E-state index in [1.165, 1.54) is 4.68 Å². The van der Waals surface area contributed by atoms with Gasteiger partial charge < -0.3 is 15.2 Å². The van der Waals surface area contributed by atoms with Crippen molar-refractivity contribution in [2.24, 2.45) is 5.10 Å². The Balaban J connectivity index is 2.19. The largest absolute Gasteiger partial charge is 0.493 e. The summed E-state index contributed by atoms with van der Waals surface area (Å²) in [5.74, 6) is 1.77. The van der Waals surface area contributed by atoms with Gasteiger partial charge in [0.2, 0.25) is 5.95 Å². The van der Waals surface area contributed by atoms with Crippen LogP contribution in [0.5, 0.6) is 11.5 Å². The first kappa shape index (κ1) is 14.9. The standard InChI is InChI=1S/C15H20N4O2/c1-4-7-21-13-6-5-12(8-14(13)20-3)9-17-19-10-11(2)18-15(19)16/h5-6,8-10H,4,7H2,1-3H3,(H2,16,18). The summed E-state index contributed by atoms with van der Waals surface area (Å²) in [5, 5.41) is 4.27. The number of ether oxygens (including phenoxy) is 2. The van der Waals surface area contributed by atoms with Crippen LogP contribution in [-0.4, -0.2) is 29.6 Å². The van der Waals surface area contributed by atoms with E-state index in [4.69, 9.17) is 15.2 Å². The lowest BCUT2D eigenvalue weighted by molar-refractivity contribution is 0.294. The van der Waals surface area contributed by atoms with Crippen LogP contribution in [0.15, 0.2) is 29.5 Å². The summed E-state index contributed by atoms with van der Waals surface area (Å²) < 4.78 is 12.5. The summed E-state index contributed by atoms with van der Waals surface area (Å²) in [4.78, 5) is 4.09. The zero-order chi connectivity index (χ0) is 15.2. The number of nitrogen functional groups attached to an aromatic ring is 1. The highest BCUT2D eigenvalue weighted by molar-refractivity contribution is 5.81. The van der Waals surface area contributed by atoms with E-state index in [0.29, 0.717) is 18.3 Å². The second-order valence-corrected chi connectivity index (χ2v) is 4.59. The maximum absolute atomic E-state index is 5.73. The minimum atomic E-state index is 0.360. The first-order valence-electron chi connectivity index (χ1n) is 6.80. The fraction of sp³-hybridized carbons (Fsp3) is 0.333. The van der Waals surface area contributed by atoms with Crippen molar-refractivity contribution in [1.82, 2.24) is 9.66 Å². The number of hydrogen-bond donors (Lipinski definition) is 1. The molecule has 1 heterocycles. The van der Waals surface area contributed by atoms with Gasteiger partial charge in [-0.25, -0.2) is 9.66 Å². The summed E-state index contributed by atoms with van der Waals surface area (Å²) in [6.45, 7) is 4.59. The zero-order valence-electron chi connectivity index (χ0n) is 12.5. The Morgan fingerprint density at radius 3 is 2.81 bits per heavy atom. The molecule has 6 nitrogen and oxygen atoms in total. The van der Waals surface area contributed by atoms with E-state index in [1.54, 1.807) is 19.5 Å². The fourth-order valence-corrected chi connectivity index (χ4v) is 1.82. The van der Waals surface area contributed by atoms with Crippen molar-refractivity contribution in [3.8, 4) is 11.5 Å². The van der Waals surface area contributed by atoms with Crippen LogP contribution in [0.4, 0.5) is 5.95 Å². The molecule has 2 N–H and O–H groups in total. The first-order valence-corrected chi connectivity index (χ1v) is 6.80. The number of nitrogens with zero attached hydrogens (tertiary/aromatic N) is 3. The van der Waals surface area contributed by atoms with E-state index in [-0.39, 0.29) is 0 Å². The Labute approximate surface area is 124 Å². The van der Waals surface area contributed by atoms with E-state index in [0.717, 1.165) is 23.4 Å². The number of rotatable bonds is 6. The predicted octanol–water partition coefficient (Wildman–Crippen LogP) is 2.45. The number of imidazole rings is 1. The molecule has 0 amide bonds. The number of methoxy groups -OCH3 is 1. The molecule has 0 saturated heterocycles. The van der Waals surface area contributed by atoms with Crippen LogP contribution >= 0.6 is 0 Å². The molecule has 1 aromatic carbocycles. The summed E-state index contributed by atoms with van der Waals surface area (Å²) in [6.07, 6.45) is 4.41. The number of nitrogens with two attached hydrogens (primary N) is 1. The monoisotopic (exact) mass is 288 g/mol. The third kappa shape index (κ3) is 3.75. The van der Waals surface area contributed by atoms with Gasteiger partial charge in [0.1, 0.15) is 0 Å². The molecule has 112 valence electrons. The smallest absolute Gasteiger partial charge is 0.221 e. The Kier molecular flexibility index (Phi) is 4.81. The van der Waals surface area contributed by atoms with Crippen LogP contribution in [0.1, 0.15) is 24.6 Å². The highest BCUT2D eigenvalue weighted by Gasteiger charge is 2.05. The Morgan fingerprint density at radius 1 is 1.38 bits per heavy atom. The molecule has 1 aromatic heterocycles. The van der Waals surface area contributed by atoms with Gasteiger partial charge >= 0.3 is 0 Å². The molecule has 0 saturated carbocycles. The van der Waals surface area contributed by atoms with E-state index >= 15 is 0 Å². The van der Waals surface area contributed by atoms with E-state index in [9.17, 15) is 0 Å². The van der Waals surface area contributed by atoms with Gasteiger partial charge in [-0.2, -0.15) is 5.10 Å². The van der Waals surface area contributed by atoms with Crippen molar-refractivity contribution in [2.75, 3.05) is 19.5 Å². The van der Waals surface area contributed by atoms with Crippen molar-refractivity contribution < 1.29 is 9.47 Å². The van der Waals surface area contributed by atoms with Gasteiger partial charge in [0.05, 0.1) is 31.8 Å². The molecule has 0 aliphatic rings. The highest BCUT2D eigenvalue weighted by Crippen LogP contribution is 2.27. The second-order valence-electron chi connectivity index (χ2n) is 4.59. The number of aryl methyl sites for hydroxylation is 1. The van der Waals surface area contributed by atoms with E-state index < -0.39 is 0 Å². The van der Waals surface area contributed by atoms with Crippen LogP contribution < -0.4 is 15.2 Å². The maximum Gasteiger partial charge on any atom is 0.221 e. The van der Waals surface area contributed by atoms with Crippen molar-refractivity contribution in [3.63, 3.8) is 0 Å². The van der Waals surface area contributed by atoms with Gasteiger partial charge in [-0.1, -0.05) is 6.92 Å². The van der Waals surface area contributed by atoms with Crippen LogP contribution in [0, 0.1) is 6.92 Å². The Bertz CT molecular complexity index is 635. The number of hydrogen-bond acceptors (Lipinski definition) is 5. The molecule has 21 heavy (non-hydrogen) atoms. The normalized spacial score (nSPS) is 11.0. The second kappa shape index (κ2) is 6.78. The fourth-order valence-electron chi connectivity index (χ4n) is 1.82. The topological polar surface area (TPSA) is 74.7 Å². The van der Waals surface area contributed by atoms with Gasteiger partial charge in [-0.3, -0.25) is 0 Å². The predicted molar refractivity (Wildman–Crippen MR) is 83.1 cm³/mol. The molecule has 0 bridgehead atoms. The number of benzene rings is 1. The van der Waals surface area contributed by atoms with Crippen molar-refractivity contribution in [2.45, 2.75) is 20.3 Å². The van der Waals surface area contributed by atoms with Crippen LogP contribution in [0.25, 0.3) is 0 Å². The molecule has 0 spiro atoms. The molecule has 0 aliphatic carbocycles. The zero-order valence-corrected chi connectivity index (χ0v) is 12.5. The molecular formula is C15H20N4O2. The highest BCUT2D eigenvalue weighted by atomic mass is 16.5. The molecule has 0 aliphatic heterocycles. The summed E-state index contributed by atoms with van der Waals surface area (Å²) in [7, 11) is 1.62. The van der Waals surface area contributed by atoms with Crippen molar-refractivity contribution in [1.29, 1.82) is 0 Å². The van der Waals surface area contributed by atoms with Crippen LogP contribution in [0.2, 0.25) is 0 Å². The van der Waals surface area contributed by atoms with Crippen molar-refractivity contribution >= 4 is 12.2 Å². The molecular weight excluding hydrogens is 268 g/mol. The number of aromatic nitrogens is 2. The third-order valence-electron chi connectivity index (χ3n) is 2.82. The lowest BCUT2D eigenvalue weighted by atomic mass is 10.2. The quantitative estimate of drug-likeness (QED) is 0.828. The van der Waals surface area contributed by atoms with E-state index in [2.05, 4.69) is 17.0 Å². The first-order chi connectivity index (χ1) is 10.1. The van der Waals surface area contributed by atoms with Gasteiger partial charge in [0.15, 0.2) is 11.5 Å². The molecule has 0 radical (unpaired) electrons. The van der Waals surface area contributed by atoms with Gasteiger partial charge in [0, 0.05) is 0 Å². The van der Waals surface area contributed by atoms with Gasteiger partial charge in [-0.15, -0.1) is 0 Å². The van der Waals surface area contributed by atoms with Crippen LogP contribution in [-0.2, 0) is 0 Å². The SMILES string of the molecule is CCCOc1ccc(C=Nn2cc(C)nc2N)cc1OC. The minimum Gasteiger partial charge on any atom is -0.493 e. The molecule has 0 fully saturated rings. The lowest BCUT2D eigenvalue weighted by Crippen LogP contribution is -1.99. The summed E-state index contributed by atoms with van der Waals surface area (Å²) in [6, 6.07) is 5.66.